The summed E-state index contributed by atoms with van der Waals surface area (Å²) in [6.45, 7) is 4.28. The van der Waals surface area contributed by atoms with Crippen LogP contribution in [0.2, 0.25) is 0 Å². The minimum Gasteiger partial charge on any atom is -0.462 e. The predicted octanol–water partition coefficient (Wildman–Crippen LogP) is 5.08. The van der Waals surface area contributed by atoms with Crippen LogP contribution in [-0.2, 0) is 10.5 Å². The van der Waals surface area contributed by atoms with Crippen LogP contribution < -0.4 is 5.73 Å². The molecule has 3 aromatic heterocycles. The van der Waals surface area contributed by atoms with Crippen LogP contribution in [0.15, 0.2) is 29.7 Å². The van der Waals surface area contributed by atoms with Gasteiger partial charge in [-0.2, -0.15) is 5.26 Å². The highest BCUT2D eigenvalue weighted by Gasteiger charge is 2.30. The number of carbonyl (C=O) groups is 1. The van der Waals surface area contributed by atoms with Crippen molar-refractivity contribution in [1.82, 2.24) is 19.7 Å². The van der Waals surface area contributed by atoms with E-state index in [0.29, 0.717) is 32.7 Å². The normalized spacial score (nSPS) is 18.1. The number of hydrogen-bond acceptors (Lipinski definition) is 9. The molecule has 3 aromatic rings. The van der Waals surface area contributed by atoms with Gasteiger partial charge in [0.25, 0.3) is 0 Å². The van der Waals surface area contributed by atoms with Crippen LogP contribution in [0.4, 0.5) is 5.00 Å². The molecule has 0 unspecified atom stereocenters. The Morgan fingerprint density at radius 2 is 2.21 bits per heavy atom. The van der Waals surface area contributed by atoms with Crippen LogP contribution in [0.25, 0.3) is 11.4 Å². The van der Waals surface area contributed by atoms with Crippen molar-refractivity contribution in [3.63, 3.8) is 0 Å². The second kappa shape index (κ2) is 10.4. The molecule has 8 nitrogen and oxygen atoms in total. The van der Waals surface area contributed by atoms with E-state index in [1.807, 2.05) is 12.1 Å². The van der Waals surface area contributed by atoms with E-state index in [2.05, 4.69) is 32.7 Å². The van der Waals surface area contributed by atoms with Crippen LogP contribution >= 0.6 is 23.1 Å². The lowest BCUT2D eigenvalue weighted by Gasteiger charge is -2.31. The smallest absolute Gasteiger partial charge is 0.348 e. The molecule has 4 rings (SSSR count). The van der Waals surface area contributed by atoms with Crippen LogP contribution in [-0.4, -0.2) is 32.3 Å². The summed E-state index contributed by atoms with van der Waals surface area (Å²) in [5.41, 5.74) is 7.88. The maximum absolute atomic E-state index is 12.5. The number of nitrogens with two attached hydrogens (primary N) is 1. The standard InChI is InChI=1S/C23H26N6O2S2/c1-3-31-22(30)19-17(16(11-24)20(25)33-19)13-32-23-28-27-21(15-8-6-10-26-12-15)29(23)18-9-5-4-7-14(18)2/h6,8,10,12,14,18H,3-5,7,9,13,25H2,1-2H3/t14-,18-/m0/s1. The fourth-order valence-corrected chi connectivity index (χ4v) is 6.33. The summed E-state index contributed by atoms with van der Waals surface area (Å²) >= 11 is 2.56. The quantitative estimate of drug-likeness (QED) is 0.366. The third-order valence-electron chi connectivity index (χ3n) is 5.93. The lowest BCUT2D eigenvalue weighted by atomic mass is 9.85. The summed E-state index contributed by atoms with van der Waals surface area (Å²) in [7, 11) is 0. The Morgan fingerprint density at radius 1 is 1.39 bits per heavy atom. The molecule has 0 radical (unpaired) electrons. The monoisotopic (exact) mass is 482 g/mol. The zero-order chi connectivity index (χ0) is 23.4. The van der Waals surface area contributed by atoms with Gasteiger partial charge in [-0.25, -0.2) is 4.79 Å². The summed E-state index contributed by atoms with van der Waals surface area (Å²) in [6, 6.07) is 6.30. The molecule has 1 aliphatic carbocycles. The fourth-order valence-electron chi connectivity index (χ4n) is 4.29. The van der Waals surface area contributed by atoms with Crippen molar-refractivity contribution >= 4 is 34.1 Å². The third kappa shape index (κ3) is 4.75. The Hall–Kier alpha value is -2.90. The van der Waals surface area contributed by atoms with Crippen molar-refractivity contribution in [2.45, 2.75) is 56.5 Å². The Morgan fingerprint density at radius 3 is 2.91 bits per heavy atom. The second-order valence-corrected chi connectivity index (χ2v) is 10.0. The Labute approximate surface area is 201 Å². The number of nitrogen functional groups attached to an aromatic ring is 1. The number of aromatic nitrogens is 4. The van der Waals surface area contributed by atoms with Gasteiger partial charge in [-0.3, -0.25) is 9.55 Å². The summed E-state index contributed by atoms with van der Waals surface area (Å²) in [5, 5.41) is 19.8. The number of nitrogens with zero attached hydrogens (tertiary/aromatic N) is 5. The van der Waals surface area contributed by atoms with Crippen molar-refractivity contribution in [3.05, 3.63) is 40.5 Å². The van der Waals surface area contributed by atoms with Crippen molar-refractivity contribution in [3.8, 4) is 17.5 Å². The second-order valence-electron chi connectivity index (χ2n) is 8.02. The molecule has 0 bridgehead atoms. The van der Waals surface area contributed by atoms with Crippen molar-refractivity contribution < 1.29 is 9.53 Å². The van der Waals surface area contributed by atoms with Crippen LogP contribution in [0.3, 0.4) is 0 Å². The van der Waals surface area contributed by atoms with E-state index in [9.17, 15) is 10.1 Å². The van der Waals surface area contributed by atoms with Gasteiger partial charge in [0.2, 0.25) is 0 Å². The van der Waals surface area contributed by atoms with Gasteiger partial charge in [0.1, 0.15) is 15.9 Å². The topological polar surface area (TPSA) is 120 Å². The molecule has 0 amide bonds. The largest absolute Gasteiger partial charge is 0.462 e. The lowest BCUT2D eigenvalue weighted by Crippen LogP contribution is -2.22. The lowest BCUT2D eigenvalue weighted by molar-refractivity contribution is 0.0531. The molecule has 2 atom stereocenters. The molecule has 3 heterocycles. The van der Waals surface area contributed by atoms with E-state index in [0.717, 1.165) is 47.1 Å². The number of ether oxygens (including phenoxy) is 1. The number of nitriles is 1. The molecule has 0 spiro atoms. The highest BCUT2D eigenvalue weighted by molar-refractivity contribution is 7.98. The molecular weight excluding hydrogens is 456 g/mol. The third-order valence-corrected chi connectivity index (χ3v) is 7.95. The molecule has 1 aliphatic rings. The fraction of sp³-hybridized carbons (Fsp3) is 0.435. The first-order chi connectivity index (χ1) is 16.0. The summed E-state index contributed by atoms with van der Waals surface area (Å²) in [5.74, 6) is 1.20. The highest BCUT2D eigenvalue weighted by atomic mass is 32.2. The summed E-state index contributed by atoms with van der Waals surface area (Å²) < 4.78 is 7.41. The SMILES string of the molecule is CCOC(=O)c1sc(N)c(C#N)c1CSc1nnc(-c2cccnc2)n1[C@H]1CCCC[C@@H]1C. The van der Waals surface area contributed by atoms with E-state index in [4.69, 9.17) is 10.5 Å². The molecule has 172 valence electrons. The Bertz CT molecular complexity index is 1170. The van der Waals surface area contributed by atoms with E-state index >= 15 is 0 Å². The average molecular weight is 483 g/mol. The van der Waals surface area contributed by atoms with E-state index in [-0.39, 0.29) is 12.6 Å². The molecule has 1 fully saturated rings. The number of esters is 1. The van der Waals surface area contributed by atoms with Gasteiger partial charge in [0, 0.05) is 35.3 Å². The maximum Gasteiger partial charge on any atom is 0.348 e. The average Bonchev–Trinajstić information content (AvgIpc) is 3.39. The molecule has 1 saturated carbocycles. The number of thiophene rings is 1. The maximum atomic E-state index is 12.5. The number of thioether (sulfide) groups is 1. The Kier molecular flexibility index (Phi) is 7.30. The van der Waals surface area contributed by atoms with Gasteiger partial charge in [-0.1, -0.05) is 31.5 Å². The Balaban J connectivity index is 1.71. The zero-order valence-electron chi connectivity index (χ0n) is 18.7. The molecule has 10 heteroatoms. The van der Waals surface area contributed by atoms with Crippen LogP contribution in [0.1, 0.15) is 66.4 Å². The molecular formula is C23H26N6O2S2. The van der Waals surface area contributed by atoms with Crippen LogP contribution in [0.5, 0.6) is 0 Å². The highest BCUT2D eigenvalue weighted by Crippen LogP contribution is 2.41. The van der Waals surface area contributed by atoms with Gasteiger partial charge in [0.05, 0.1) is 12.2 Å². The van der Waals surface area contributed by atoms with Gasteiger partial charge < -0.3 is 10.5 Å². The van der Waals surface area contributed by atoms with E-state index in [1.165, 1.54) is 18.2 Å². The minimum atomic E-state index is -0.454. The van der Waals surface area contributed by atoms with Gasteiger partial charge in [-0.15, -0.1) is 21.5 Å². The number of anilines is 1. The van der Waals surface area contributed by atoms with Gasteiger partial charge in [0.15, 0.2) is 11.0 Å². The predicted molar refractivity (Wildman–Crippen MR) is 129 cm³/mol. The number of hydrogen-bond donors (Lipinski definition) is 1. The number of carbonyl (C=O) groups excluding carboxylic acids is 1. The van der Waals surface area contributed by atoms with Crippen LogP contribution in [0, 0.1) is 17.2 Å². The van der Waals surface area contributed by atoms with Gasteiger partial charge >= 0.3 is 5.97 Å². The molecule has 33 heavy (non-hydrogen) atoms. The van der Waals surface area contributed by atoms with Crippen molar-refractivity contribution in [2.24, 2.45) is 5.92 Å². The molecule has 0 aliphatic heterocycles. The number of pyridine rings is 1. The van der Waals surface area contributed by atoms with E-state index in [1.54, 1.807) is 19.3 Å². The van der Waals surface area contributed by atoms with Gasteiger partial charge in [-0.05, 0) is 37.8 Å². The zero-order valence-corrected chi connectivity index (χ0v) is 20.3. The first-order valence-electron chi connectivity index (χ1n) is 11.0. The first kappa shape index (κ1) is 23.3. The molecule has 0 aromatic carbocycles. The van der Waals surface area contributed by atoms with Crippen molar-refractivity contribution in [1.29, 1.82) is 5.26 Å². The first-order valence-corrected chi connectivity index (χ1v) is 12.8. The number of rotatable bonds is 7. The molecule has 2 N–H and O–H groups in total. The summed E-state index contributed by atoms with van der Waals surface area (Å²) in [4.78, 5) is 17.1. The summed E-state index contributed by atoms with van der Waals surface area (Å²) in [6.07, 6.45) is 8.15. The molecule has 0 saturated heterocycles. The van der Waals surface area contributed by atoms with Crippen molar-refractivity contribution in [2.75, 3.05) is 12.3 Å². The minimum absolute atomic E-state index is 0.257. The van der Waals surface area contributed by atoms with E-state index < -0.39 is 5.97 Å².